The maximum Gasteiger partial charge on any atom is 0.255 e. The number of amides is 1. The first-order valence-corrected chi connectivity index (χ1v) is 6.32. The van der Waals surface area contributed by atoms with E-state index >= 15 is 0 Å². The van der Waals surface area contributed by atoms with Gasteiger partial charge in [0.05, 0.1) is 5.57 Å². The molecular weight excluding hydrogens is 276 g/mol. The fourth-order valence-corrected chi connectivity index (χ4v) is 2.02. The molecule has 2 aromatic rings. The molecule has 0 saturated heterocycles. The zero-order valence-electron chi connectivity index (χ0n) is 10.9. The molecule has 3 nitrogen and oxygen atoms in total. The van der Waals surface area contributed by atoms with Crippen molar-refractivity contribution < 1.29 is 18.3 Å². The van der Waals surface area contributed by atoms with E-state index in [1.165, 1.54) is 42.5 Å². The lowest BCUT2D eigenvalue weighted by Crippen LogP contribution is -2.21. The van der Waals surface area contributed by atoms with E-state index in [2.05, 4.69) is 5.32 Å². The van der Waals surface area contributed by atoms with Crippen molar-refractivity contribution in [3.63, 3.8) is 0 Å². The van der Waals surface area contributed by atoms with Crippen LogP contribution < -0.4 is 10.1 Å². The number of carbonyl (C=O) groups excluding carboxylic acids is 1. The van der Waals surface area contributed by atoms with E-state index in [4.69, 9.17) is 4.74 Å². The number of hydrogen-bond donors (Lipinski definition) is 1. The van der Waals surface area contributed by atoms with Gasteiger partial charge in [0.25, 0.3) is 5.91 Å². The summed E-state index contributed by atoms with van der Waals surface area (Å²) in [5, 5.41) is 2.64. The van der Waals surface area contributed by atoms with Crippen molar-refractivity contribution in [2.45, 2.75) is 0 Å². The average molecular weight is 287 g/mol. The summed E-state index contributed by atoms with van der Waals surface area (Å²) in [5.74, 6) is -0.599. The Morgan fingerprint density at radius 1 is 1.05 bits per heavy atom. The molecule has 0 fully saturated rings. The summed E-state index contributed by atoms with van der Waals surface area (Å²) in [4.78, 5) is 12.1. The Hall–Kier alpha value is -2.69. The van der Waals surface area contributed by atoms with Crippen LogP contribution in [0.1, 0.15) is 5.56 Å². The van der Waals surface area contributed by atoms with Gasteiger partial charge in [-0.15, -0.1) is 0 Å². The second-order valence-corrected chi connectivity index (χ2v) is 4.60. The van der Waals surface area contributed by atoms with Crippen molar-refractivity contribution in [2.75, 3.05) is 11.9 Å². The first kappa shape index (κ1) is 13.3. The molecule has 0 aromatic heterocycles. The number of carbonyl (C=O) groups is 1. The van der Waals surface area contributed by atoms with Crippen LogP contribution in [0.3, 0.4) is 0 Å². The Labute approximate surface area is 119 Å². The standard InChI is InChI=1S/C16H11F2NO2/c17-12-1-4-14(5-2-12)19-16(20)11-7-10-8-13(18)3-6-15(10)21-9-11/h1-8H,9H2,(H,19,20). The largest absolute Gasteiger partial charge is 0.488 e. The molecule has 106 valence electrons. The minimum atomic E-state index is -0.395. The SMILES string of the molecule is O=C(Nc1ccc(F)cc1)C1=Cc2cc(F)ccc2OC1. The number of benzene rings is 2. The Morgan fingerprint density at radius 3 is 2.52 bits per heavy atom. The summed E-state index contributed by atoms with van der Waals surface area (Å²) in [7, 11) is 0. The number of rotatable bonds is 2. The quantitative estimate of drug-likeness (QED) is 0.919. The van der Waals surface area contributed by atoms with Crippen molar-refractivity contribution in [2.24, 2.45) is 0 Å². The highest BCUT2D eigenvalue weighted by Crippen LogP contribution is 2.27. The van der Waals surface area contributed by atoms with Crippen LogP contribution in [0.4, 0.5) is 14.5 Å². The molecular formula is C16H11F2NO2. The van der Waals surface area contributed by atoms with Crippen molar-refractivity contribution in [3.8, 4) is 5.75 Å². The van der Waals surface area contributed by atoms with Crippen LogP contribution in [0.5, 0.6) is 5.75 Å². The van der Waals surface area contributed by atoms with Crippen LogP contribution in [-0.4, -0.2) is 12.5 Å². The van der Waals surface area contributed by atoms with E-state index in [0.717, 1.165) is 0 Å². The topological polar surface area (TPSA) is 38.3 Å². The second-order valence-electron chi connectivity index (χ2n) is 4.60. The summed E-state index contributed by atoms with van der Waals surface area (Å²) in [6.07, 6.45) is 1.58. The number of hydrogen-bond acceptors (Lipinski definition) is 2. The van der Waals surface area contributed by atoms with Gasteiger partial charge in [-0.25, -0.2) is 8.78 Å². The molecule has 0 aliphatic carbocycles. The van der Waals surface area contributed by atoms with Crippen LogP contribution in [0, 0.1) is 11.6 Å². The van der Waals surface area contributed by atoms with Crippen molar-refractivity contribution in [1.29, 1.82) is 0 Å². The third-order valence-electron chi connectivity index (χ3n) is 3.08. The van der Waals surface area contributed by atoms with E-state index < -0.39 is 5.82 Å². The van der Waals surface area contributed by atoms with Gasteiger partial charge in [0.2, 0.25) is 0 Å². The molecule has 1 aliphatic rings. The summed E-state index contributed by atoms with van der Waals surface area (Å²) >= 11 is 0. The lowest BCUT2D eigenvalue weighted by molar-refractivity contribution is -0.113. The fraction of sp³-hybridized carbons (Fsp3) is 0.0625. The molecule has 1 aliphatic heterocycles. The monoisotopic (exact) mass is 287 g/mol. The number of fused-ring (bicyclic) bond motifs is 1. The normalized spacial score (nSPS) is 13.0. The number of ether oxygens (including phenoxy) is 1. The summed E-state index contributed by atoms with van der Waals surface area (Å²) < 4.78 is 31.4. The fourth-order valence-electron chi connectivity index (χ4n) is 2.02. The molecule has 5 heteroatoms. The van der Waals surface area contributed by atoms with Crippen LogP contribution in [-0.2, 0) is 4.79 Å². The Balaban J connectivity index is 1.81. The van der Waals surface area contributed by atoms with E-state index in [-0.39, 0.29) is 18.3 Å². The third kappa shape index (κ3) is 2.91. The van der Waals surface area contributed by atoms with Gasteiger partial charge in [-0.05, 0) is 48.5 Å². The molecule has 0 bridgehead atoms. The van der Waals surface area contributed by atoms with Crippen molar-refractivity contribution in [3.05, 3.63) is 65.2 Å². The van der Waals surface area contributed by atoms with Crippen LogP contribution in [0.25, 0.3) is 6.08 Å². The highest BCUT2D eigenvalue weighted by atomic mass is 19.1. The summed E-state index contributed by atoms with van der Waals surface area (Å²) in [6.45, 7) is 0.103. The molecule has 21 heavy (non-hydrogen) atoms. The predicted octanol–water partition coefficient (Wildman–Crippen LogP) is 3.38. The highest BCUT2D eigenvalue weighted by molar-refractivity contribution is 6.07. The van der Waals surface area contributed by atoms with E-state index in [0.29, 0.717) is 22.6 Å². The zero-order valence-corrected chi connectivity index (χ0v) is 10.9. The van der Waals surface area contributed by atoms with Gasteiger partial charge in [0.15, 0.2) is 0 Å². The molecule has 0 unspecified atom stereocenters. The zero-order chi connectivity index (χ0) is 14.8. The Kier molecular flexibility index (Phi) is 3.39. The minimum Gasteiger partial charge on any atom is -0.488 e. The molecule has 0 atom stereocenters. The molecule has 3 rings (SSSR count). The smallest absolute Gasteiger partial charge is 0.255 e. The summed E-state index contributed by atoms with van der Waals surface area (Å²) in [6, 6.07) is 9.57. The highest BCUT2D eigenvalue weighted by Gasteiger charge is 2.17. The van der Waals surface area contributed by atoms with Crippen LogP contribution in [0.2, 0.25) is 0 Å². The molecule has 1 N–H and O–H groups in total. The maximum absolute atomic E-state index is 13.2. The molecule has 0 radical (unpaired) electrons. The lowest BCUT2D eigenvalue weighted by atomic mass is 10.1. The number of nitrogens with one attached hydrogen (secondary N) is 1. The Morgan fingerprint density at radius 2 is 1.76 bits per heavy atom. The summed E-state index contributed by atoms with van der Waals surface area (Å²) in [5.41, 5.74) is 1.37. The molecule has 2 aromatic carbocycles. The Bertz CT molecular complexity index is 724. The van der Waals surface area contributed by atoms with E-state index in [1.54, 1.807) is 6.08 Å². The van der Waals surface area contributed by atoms with Crippen molar-refractivity contribution >= 4 is 17.7 Å². The van der Waals surface area contributed by atoms with Crippen LogP contribution in [0.15, 0.2) is 48.0 Å². The first-order chi connectivity index (χ1) is 10.1. The minimum absolute atomic E-state index is 0.103. The van der Waals surface area contributed by atoms with Gasteiger partial charge >= 0.3 is 0 Å². The van der Waals surface area contributed by atoms with Gasteiger partial charge in [-0.2, -0.15) is 0 Å². The van der Waals surface area contributed by atoms with Gasteiger partial charge in [0, 0.05) is 11.3 Å². The first-order valence-electron chi connectivity index (χ1n) is 6.32. The van der Waals surface area contributed by atoms with Gasteiger partial charge in [0.1, 0.15) is 24.0 Å². The van der Waals surface area contributed by atoms with E-state index in [1.807, 2.05) is 0 Å². The lowest BCUT2D eigenvalue weighted by Gasteiger charge is -2.17. The second kappa shape index (κ2) is 5.36. The molecule has 0 saturated carbocycles. The number of halogens is 2. The van der Waals surface area contributed by atoms with Crippen LogP contribution >= 0.6 is 0 Å². The van der Waals surface area contributed by atoms with E-state index in [9.17, 15) is 13.6 Å². The molecule has 1 amide bonds. The average Bonchev–Trinajstić information content (AvgIpc) is 2.48. The molecule has 1 heterocycles. The molecule has 0 spiro atoms. The van der Waals surface area contributed by atoms with Gasteiger partial charge < -0.3 is 10.1 Å². The third-order valence-corrected chi connectivity index (χ3v) is 3.08. The van der Waals surface area contributed by atoms with Gasteiger partial charge in [-0.3, -0.25) is 4.79 Å². The number of anilines is 1. The van der Waals surface area contributed by atoms with Crippen molar-refractivity contribution in [1.82, 2.24) is 0 Å². The maximum atomic E-state index is 13.2. The predicted molar refractivity (Wildman–Crippen MR) is 74.9 cm³/mol. The van der Waals surface area contributed by atoms with Gasteiger partial charge in [-0.1, -0.05) is 0 Å².